The van der Waals surface area contributed by atoms with Crippen molar-refractivity contribution in [1.82, 2.24) is 4.90 Å². The van der Waals surface area contributed by atoms with Crippen LogP contribution in [0.5, 0.6) is 11.5 Å². The number of rotatable bonds is 5. The van der Waals surface area contributed by atoms with E-state index in [2.05, 4.69) is 0 Å². The van der Waals surface area contributed by atoms with E-state index in [-0.39, 0.29) is 5.91 Å². The highest BCUT2D eigenvalue weighted by Gasteiger charge is 2.18. The van der Waals surface area contributed by atoms with Crippen LogP contribution in [0.1, 0.15) is 12.0 Å². The van der Waals surface area contributed by atoms with Crippen molar-refractivity contribution in [3.63, 3.8) is 0 Å². The fourth-order valence-corrected chi connectivity index (χ4v) is 2.47. The van der Waals surface area contributed by atoms with E-state index in [4.69, 9.17) is 19.9 Å². The fourth-order valence-electron chi connectivity index (χ4n) is 2.47. The Bertz CT molecular complexity index is 499. The summed E-state index contributed by atoms with van der Waals surface area (Å²) in [4.78, 5) is 14.0. The Morgan fingerprint density at radius 1 is 1.29 bits per heavy atom. The second-order valence-electron chi connectivity index (χ2n) is 4.91. The number of carbonyl (C=O) groups excluding carboxylic acids is 1. The maximum atomic E-state index is 12.2. The number of nitrogens with zero attached hydrogens (tertiary/aromatic N) is 1. The minimum atomic E-state index is 0.127. The third kappa shape index (κ3) is 3.78. The van der Waals surface area contributed by atoms with Gasteiger partial charge in [-0.3, -0.25) is 4.79 Å². The minimum Gasteiger partial charge on any atom is -0.493 e. The van der Waals surface area contributed by atoms with Crippen molar-refractivity contribution in [2.24, 2.45) is 0 Å². The quantitative estimate of drug-likeness (QED) is 0.823. The van der Waals surface area contributed by atoms with Crippen molar-refractivity contribution in [3.05, 3.63) is 17.7 Å². The summed E-state index contributed by atoms with van der Waals surface area (Å²) in [7, 11) is 3.15. The Hall–Kier alpha value is -1.95. The first-order valence-corrected chi connectivity index (χ1v) is 7.01. The number of carbonyl (C=O) groups is 1. The first kappa shape index (κ1) is 15.4. The summed E-state index contributed by atoms with van der Waals surface area (Å²) in [5.74, 6) is 1.36. The van der Waals surface area contributed by atoms with E-state index in [0.717, 1.165) is 5.56 Å². The standard InChI is InChI=1S/C15H22N2O4/c1-19-13-10-12(16)9-11(15(13)20-2)3-4-14(18)17-5-7-21-8-6-17/h9-10H,3-8,16H2,1-2H3. The summed E-state index contributed by atoms with van der Waals surface area (Å²) in [6, 6.07) is 3.54. The molecule has 6 heteroatoms. The first-order valence-electron chi connectivity index (χ1n) is 7.01. The monoisotopic (exact) mass is 294 g/mol. The number of nitrogen functional groups attached to an aromatic ring is 1. The molecule has 0 atom stereocenters. The van der Waals surface area contributed by atoms with Crippen LogP contribution >= 0.6 is 0 Å². The van der Waals surface area contributed by atoms with Crippen LogP contribution in [0, 0.1) is 0 Å². The molecule has 0 saturated carbocycles. The molecule has 0 aromatic heterocycles. The molecule has 1 aliphatic heterocycles. The van der Waals surface area contributed by atoms with E-state index in [9.17, 15) is 4.79 Å². The van der Waals surface area contributed by atoms with Gasteiger partial charge in [-0.15, -0.1) is 0 Å². The molecule has 21 heavy (non-hydrogen) atoms. The summed E-state index contributed by atoms with van der Waals surface area (Å²) < 4.78 is 15.9. The third-order valence-corrected chi connectivity index (χ3v) is 3.55. The number of nitrogens with two attached hydrogens (primary N) is 1. The van der Waals surface area contributed by atoms with E-state index in [0.29, 0.717) is 56.3 Å². The van der Waals surface area contributed by atoms with Gasteiger partial charge in [0.1, 0.15) is 0 Å². The zero-order valence-electron chi connectivity index (χ0n) is 12.6. The van der Waals surface area contributed by atoms with E-state index < -0.39 is 0 Å². The second kappa shape index (κ2) is 7.17. The van der Waals surface area contributed by atoms with Crippen molar-refractivity contribution in [3.8, 4) is 11.5 Å². The lowest BCUT2D eigenvalue weighted by atomic mass is 10.1. The summed E-state index contributed by atoms with van der Waals surface area (Å²) in [6.45, 7) is 2.55. The fraction of sp³-hybridized carbons (Fsp3) is 0.533. The normalized spacial score (nSPS) is 14.9. The van der Waals surface area contributed by atoms with Gasteiger partial charge in [0, 0.05) is 36.8 Å². The van der Waals surface area contributed by atoms with E-state index >= 15 is 0 Å². The van der Waals surface area contributed by atoms with Crippen LogP contribution in [-0.2, 0) is 16.0 Å². The van der Waals surface area contributed by atoms with Gasteiger partial charge in [0.15, 0.2) is 11.5 Å². The minimum absolute atomic E-state index is 0.127. The smallest absolute Gasteiger partial charge is 0.223 e. The molecule has 0 unspecified atom stereocenters. The highest BCUT2D eigenvalue weighted by Crippen LogP contribution is 2.34. The van der Waals surface area contributed by atoms with Crippen LogP contribution < -0.4 is 15.2 Å². The number of hydrogen-bond acceptors (Lipinski definition) is 5. The van der Waals surface area contributed by atoms with Crippen LogP contribution in [0.2, 0.25) is 0 Å². The van der Waals surface area contributed by atoms with Gasteiger partial charge in [-0.05, 0) is 12.5 Å². The van der Waals surface area contributed by atoms with E-state index in [1.807, 2.05) is 11.0 Å². The van der Waals surface area contributed by atoms with Gasteiger partial charge in [-0.25, -0.2) is 0 Å². The average molecular weight is 294 g/mol. The van der Waals surface area contributed by atoms with Crippen LogP contribution in [0.4, 0.5) is 5.69 Å². The predicted octanol–water partition coefficient (Wildman–Crippen LogP) is 1.08. The number of ether oxygens (including phenoxy) is 3. The molecule has 0 radical (unpaired) electrons. The lowest BCUT2D eigenvalue weighted by Crippen LogP contribution is -2.40. The van der Waals surface area contributed by atoms with Crippen molar-refractivity contribution >= 4 is 11.6 Å². The Labute approximate surface area is 124 Å². The van der Waals surface area contributed by atoms with Crippen LogP contribution in [0.25, 0.3) is 0 Å². The molecular weight excluding hydrogens is 272 g/mol. The van der Waals surface area contributed by atoms with Crippen molar-refractivity contribution in [2.45, 2.75) is 12.8 Å². The number of morpholine rings is 1. The van der Waals surface area contributed by atoms with Crippen molar-refractivity contribution < 1.29 is 19.0 Å². The maximum absolute atomic E-state index is 12.2. The molecule has 0 bridgehead atoms. The average Bonchev–Trinajstić information content (AvgIpc) is 2.52. The molecule has 1 heterocycles. The molecule has 0 spiro atoms. The predicted molar refractivity (Wildman–Crippen MR) is 79.7 cm³/mol. The van der Waals surface area contributed by atoms with Crippen LogP contribution in [0.3, 0.4) is 0 Å². The van der Waals surface area contributed by atoms with Gasteiger partial charge >= 0.3 is 0 Å². The van der Waals surface area contributed by atoms with Gasteiger partial charge in [0.25, 0.3) is 0 Å². The number of amides is 1. The molecule has 2 N–H and O–H groups in total. The molecule has 1 amide bonds. The third-order valence-electron chi connectivity index (χ3n) is 3.55. The summed E-state index contributed by atoms with van der Waals surface area (Å²) >= 11 is 0. The molecule has 1 aliphatic rings. The Morgan fingerprint density at radius 3 is 2.62 bits per heavy atom. The summed E-state index contributed by atoms with van der Waals surface area (Å²) in [6.07, 6.45) is 0.990. The van der Waals surface area contributed by atoms with Crippen molar-refractivity contribution in [2.75, 3.05) is 46.3 Å². The number of anilines is 1. The Balaban J connectivity index is 2.05. The SMILES string of the molecule is COc1cc(N)cc(CCC(=O)N2CCOCC2)c1OC. The van der Waals surface area contributed by atoms with E-state index in [1.165, 1.54) is 0 Å². The molecular formula is C15H22N2O4. The largest absolute Gasteiger partial charge is 0.493 e. The molecule has 2 rings (SSSR count). The molecule has 1 aromatic carbocycles. The number of methoxy groups -OCH3 is 2. The van der Waals surface area contributed by atoms with Gasteiger partial charge in [-0.1, -0.05) is 0 Å². The number of benzene rings is 1. The van der Waals surface area contributed by atoms with Crippen LogP contribution in [0.15, 0.2) is 12.1 Å². The van der Waals surface area contributed by atoms with Gasteiger partial charge in [0.05, 0.1) is 27.4 Å². The van der Waals surface area contributed by atoms with Gasteiger partial charge in [0.2, 0.25) is 5.91 Å². The molecule has 116 valence electrons. The van der Waals surface area contributed by atoms with Crippen LogP contribution in [-0.4, -0.2) is 51.3 Å². The van der Waals surface area contributed by atoms with Gasteiger partial charge < -0.3 is 24.8 Å². The van der Waals surface area contributed by atoms with Gasteiger partial charge in [-0.2, -0.15) is 0 Å². The maximum Gasteiger partial charge on any atom is 0.223 e. The Morgan fingerprint density at radius 2 is 2.00 bits per heavy atom. The molecule has 1 saturated heterocycles. The first-order chi connectivity index (χ1) is 10.2. The molecule has 6 nitrogen and oxygen atoms in total. The summed E-state index contributed by atoms with van der Waals surface area (Å²) in [5, 5.41) is 0. The molecule has 0 aliphatic carbocycles. The zero-order chi connectivity index (χ0) is 15.2. The second-order valence-corrected chi connectivity index (χ2v) is 4.91. The van der Waals surface area contributed by atoms with Crippen molar-refractivity contribution in [1.29, 1.82) is 0 Å². The highest BCUT2D eigenvalue weighted by atomic mass is 16.5. The Kier molecular flexibility index (Phi) is 5.27. The lowest BCUT2D eigenvalue weighted by molar-refractivity contribution is -0.135. The van der Waals surface area contributed by atoms with E-state index in [1.54, 1.807) is 20.3 Å². The number of hydrogen-bond donors (Lipinski definition) is 1. The topological polar surface area (TPSA) is 74.0 Å². The highest BCUT2D eigenvalue weighted by molar-refractivity contribution is 5.76. The zero-order valence-corrected chi connectivity index (χ0v) is 12.6. The number of aryl methyl sites for hydroxylation is 1. The lowest BCUT2D eigenvalue weighted by Gasteiger charge is -2.27. The molecule has 1 aromatic rings. The molecule has 1 fully saturated rings. The summed E-state index contributed by atoms with van der Waals surface area (Å²) in [5.41, 5.74) is 7.34.